The van der Waals surface area contributed by atoms with Gasteiger partial charge in [-0.25, -0.2) is 0 Å². The lowest BCUT2D eigenvalue weighted by atomic mass is 9.94. The van der Waals surface area contributed by atoms with Gasteiger partial charge in [-0.15, -0.1) is 0 Å². The largest absolute Gasteiger partial charge is 0.507 e. The molecular formula is C24H26N2O5. The Morgan fingerprint density at radius 3 is 2.65 bits per heavy atom. The number of fused-ring (bicyclic) bond motifs is 3. The fourth-order valence-corrected chi connectivity index (χ4v) is 3.69. The van der Waals surface area contributed by atoms with Gasteiger partial charge in [0, 0.05) is 23.9 Å². The highest BCUT2D eigenvalue weighted by Crippen LogP contribution is 2.44. The molecule has 7 nitrogen and oxygen atoms in total. The zero-order valence-electron chi connectivity index (χ0n) is 18.3. The number of hydrogen-bond acceptors (Lipinski definition) is 7. The second kappa shape index (κ2) is 7.42. The molecule has 0 atom stereocenters. The van der Waals surface area contributed by atoms with Crippen LogP contribution in [0.15, 0.2) is 33.8 Å². The number of hydrogen-bond donors (Lipinski definition) is 2. The molecule has 31 heavy (non-hydrogen) atoms. The summed E-state index contributed by atoms with van der Waals surface area (Å²) in [5.74, 6) is 0.378. The smallest absolute Gasteiger partial charge is 0.204 e. The molecule has 3 aromatic rings. The van der Waals surface area contributed by atoms with Crippen LogP contribution in [0.4, 0.5) is 0 Å². The van der Waals surface area contributed by atoms with Crippen molar-refractivity contribution in [2.45, 2.75) is 32.8 Å². The van der Waals surface area contributed by atoms with Gasteiger partial charge in [0.1, 0.15) is 34.5 Å². The zero-order chi connectivity index (χ0) is 22.5. The lowest BCUT2D eigenvalue weighted by Crippen LogP contribution is -2.29. The Bertz CT molecular complexity index is 1270. The van der Waals surface area contributed by atoms with Gasteiger partial charge < -0.3 is 24.3 Å². The second-order valence-electron chi connectivity index (χ2n) is 8.67. The van der Waals surface area contributed by atoms with E-state index < -0.39 is 11.0 Å². The minimum Gasteiger partial charge on any atom is -0.507 e. The van der Waals surface area contributed by atoms with Gasteiger partial charge in [-0.05, 0) is 59.5 Å². The molecule has 162 valence electrons. The van der Waals surface area contributed by atoms with Gasteiger partial charge >= 0.3 is 0 Å². The van der Waals surface area contributed by atoms with Crippen LogP contribution >= 0.6 is 0 Å². The van der Waals surface area contributed by atoms with E-state index in [1.54, 1.807) is 6.92 Å². The normalized spacial score (nSPS) is 14.6. The molecule has 2 N–H and O–H groups in total. The Labute approximate surface area is 180 Å². The number of benzene rings is 1. The lowest BCUT2D eigenvalue weighted by molar-refractivity contribution is 0.156. The van der Waals surface area contributed by atoms with E-state index >= 15 is 0 Å². The number of ether oxygens (including phenoxy) is 1. The number of pyridine rings is 1. The van der Waals surface area contributed by atoms with Crippen molar-refractivity contribution in [1.29, 1.82) is 0 Å². The number of nitrogens with zero attached hydrogens (tertiary/aromatic N) is 2. The highest BCUT2D eigenvalue weighted by molar-refractivity contribution is 5.97. The third-order valence-electron chi connectivity index (χ3n) is 5.48. The fraction of sp³-hybridized carbons (Fsp3) is 0.333. The molecule has 0 amide bonds. The number of likely N-dealkylation sites (N-methyl/N-ethyl adjacent to an activating group) is 1. The molecule has 0 saturated carbocycles. The monoisotopic (exact) mass is 422 g/mol. The van der Waals surface area contributed by atoms with Crippen LogP contribution in [0, 0.1) is 6.92 Å². The Morgan fingerprint density at radius 1 is 1.23 bits per heavy atom. The van der Waals surface area contributed by atoms with Crippen molar-refractivity contribution in [2.24, 2.45) is 0 Å². The van der Waals surface area contributed by atoms with Gasteiger partial charge in [-0.3, -0.25) is 9.78 Å². The van der Waals surface area contributed by atoms with Crippen molar-refractivity contribution < 1.29 is 19.4 Å². The molecule has 0 spiro atoms. The first kappa shape index (κ1) is 20.9. The summed E-state index contributed by atoms with van der Waals surface area (Å²) in [5.41, 5.74) is 1.62. The fourth-order valence-electron chi connectivity index (χ4n) is 3.69. The van der Waals surface area contributed by atoms with E-state index in [1.165, 1.54) is 18.5 Å². The number of aromatic hydroxyl groups is 2. The van der Waals surface area contributed by atoms with E-state index in [-0.39, 0.29) is 28.0 Å². The Kier molecular flexibility index (Phi) is 5.01. The predicted octanol–water partition coefficient (Wildman–Crippen LogP) is 3.86. The summed E-state index contributed by atoms with van der Waals surface area (Å²) >= 11 is 0. The number of phenols is 1. The second-order valence-corrected chi connectivity index (χ2v) is 8.67. The van der Waals surface area contributed by atoms with Gasteiger partial charge in [-0.2, -0.15) is 0 Å². The van der Waals surface area contributed by atoms with Gasteiger partial charge in [-0.1, -0.05) is 0 Å². The van der Waals surface area contributed by atoms with Crippen molar-refractivity contribution >= 4 is 17.0 Å². The summed E-state index contributed by atoms with van der Waals surface area (Å²) in [6, 6.07) is 1.47. The minimum atomic E-state index is -0.550. The minimum absolute atomic E-state index is 0.0168. The molecule has 1 aromatic carbocycles. The van der Waals surface area contributed by atoms with Crippen molar-refractivity contribution in [3.05, 3.63) is 51.6 Å². The average molecular weight is 422 g/mol. The van der Waals surface area contributed by atoms with Crippen LogP contribution < -0.4 is 10.2 Å². The topological polar surface area (TPSA) is 96.0 Å². The van der Waals surface area contributed by atoms with E-state index in [2.05, 4.69) is 4.98 Å². The maximum absolute atomic E-state index is 13.4. The molecule has 3 heterocycles. The molecule has 0 fully saturated rings. The number of aryl methyl sites for hydroxylation is 1. The highest BCUT2D eigenvalue weighted by Gasteiger charge is 2.30. The van der Waals surface area contributed by atoms with E-state index in [1.807, 2.05) is 45.0 Å². The van der Waals surface area contributed by atoms with E-state index in [9.17, 15) is 15.0 Å². The van der Waals surface area contributed by atoms with Gasteiger partial charge in [0.15, 0.2) is 5.58 Å². The zero-order valence-corrected chi connectivity index (χ0v) is 18.3. The Balaban J connectivity index is 2.01. The third-order valence-corrected chi connectivity index (χ3v) is 5.48. The Morgan fingerprint density at radius 2 is 1.97 bits per heavy atom. The van der Waals surface area contributed by atoms with Crippen LogP contribution in [0.2, 0.25) is 0 Å². The van der Waals surface area contributed by atoms with E-state index in [0.29, 0.717) is 41.1 Å². The quantitative estimate of drug-likeness (QED) is 0.659. The van der Waals surface area contributed by atoms with E-state index in [4.69, 9.17) is 9.15 Å². The lowest BCUT2D eigenvalue weighted by Gasteiger charge is -2.30. The first-order valence-electron chi connectivity index (χ1n) is 10.1. The van der Waals surface area contributed by atoms with Crippen LogP contribution in [0.5, 0.6) is 17.2 Å². The Hall–Kier alpha value is -3.32. The average Bonchev–Trinajstić information content (AvgIpc) is 2.69. The maximum atomic E-state index is 13.4. The molecule has 1 aliphatic rings. The first-order valence-corrected chi connectivity index (χ1v) is 10.1. The van der Waals surface area contributed by atoms with Crippen LogP contribution in [0.25, 0.3) is 28.2 Å². The molecule has 4 rings (SSSR count). The molecular weight excluding hydrogens is 396 g/mol. The molecule has 7 heteroatoms. The van der Waals surface area contributed by atoms with Crippen molar-refractivity contribution in [3.63, 3.8) is 0 Å². The summed E-state index contributed by atoms with van der Waals surface area (Å²) in [6.07, 6.45) is 7.11. The first-order chi connectivity index (χ1) is 14.6. The van der Waals surface area contributed by atoms with Crippen LogP contribution in [0.1, 0.15) is 30.7 Å². The van der Waals surface area contributed by atoms with Crippen LogP contribution in [-0.4, -0.2) is 46.3 Å². The number of rotatable bonds is 4. The molecule has 2 aromatic heterocycles. The molecule has 1 aliphatic heterocycles. The molecule has 0 unspecified atom stereocenters. The summed E-state index contributed by atoms with van der Waals surface area (Å²) in [6.45, 7) is 6.20. The highest BCUT2D eigenvalue weighted by atomic mass is 16.5. The van der Waals surface area contributed by atoms with Crippen molar-refractivity contribution in [1.82, 2.24) is 9.88 Å². The van der Waals surface area contributed by atoms with Crippen molar-refractivity contribution in [2.75, 3.05) is 20.6 Å². The summed E-state index contributed by atoms with van der Waals surface area (Å²) in [4.78, 5) is 19.6. The number of aromatic nitrogens is 1. The summed E-state index contributed by atoms with van der Waals surface area (Å²) in [7, 11) is 3.89. The van der Waals surface area contributed by atoms with Gasteiger partial charge in [0.25, 0.3) is 0 Å². The van der Waals surface area contributed by atoms with Crippen LogP contribution in [0.3, 0.4) is 0 Å². The van der Waals surface area contributed by atoms with Gasteiger partial charge in [0.05, 0.1) is 16.8 Å². The maximum Gasteiger partial charge on any atom is 0.204 e. The summed E-state index contributed by atoms with van der Waals surface area (Å²) < 4.78 is 12.0. The van der Waals surface area contributed by atoms with Gasteiger partial charge in [0.2, 0.25) is 5.43 Å². The van der Waals surface area contributed by atoms with Crippen LogP contribution in [-0.2, 0) is 6.42 Å². The number of phenolic OH excluding ortho intramolecular Hbond substituents is 1. The molecule has 0 radical (unpaired) electrons. The summed E-state index contributed by atoms with van der Waals surface area (Å²) in [5, 5.41) is 21.3. The standard InChI is InChI=1S/C24H26N2O5/c1-13-18(27)10-14(11-25-13)17-12-30-23-16-6-8-24(2,3)31-22(16)15(7-9-26(4)5)20(28)19(23)21(17)29/h6,8,10-12,27-28H,7,9H2,1-5H3. The molecule has 0 saturated heterocycles. The molecule has 0 bridgehead atoms. The van der Waals surface area contributed by atoms with Crippen molar-refractivity contribution in [3.8, 4) is 28.4 Å². The molecule has 0 aliphatic carbocycles. The van der Waals surface area contributed by atoms with E-state index in [0.717, 1.165) is 0 Å². The SMILES string of the molecule is Cc1ncc(-c2coc3c4c(c(CCN(C)C)c(O)c3c2=O)OC(C)(C)C=C4)cc1O. The predicted molar refractivity (Wildman–Crippen MR) is 120 cm³/mol. The third kappa shape index (κ3) is 3.65.